The molecule has 8 nitrogen and oxygen atoms in total. The zero-order valence-corrected chi connectivity index (χ0v) is 20.2. The molecule has 8 heteroatoms. The van der Waals surface area contributed by atoms with Gasteiger partial charge in [0.05, 0.1) is 17.1 Å². The van der Waals surface area contributed by atoms with Gasteiger partial charge < -0.3 is 29.9 Å². The van der Waals surface area contributed by atoms with Crippen molar-refractivity contribution in [2.45, 2.75) is 102 Å². The van der Waals surface area contributed by atoms with Crippen LogP contribution < -0.4 is 0 Å². The summed E-state index contributed by atoms with van der Waals surface area (Å²) in [4.78, 5) is 24.8. The summed E-state index contributed by atoms with van der Waals surface area (Å²) in [6.07, 6.45) is -2.96. The lowest BCUT2D eigenvalue weighted by atomic mass is 9.59. The average molecular weight is 467 g/mol. The van der Waals surface area contributed by atoms with Crippen molar-refractivity contribution >= 4 is 11.9 Å². The largest absolute Gasteiger partial charge is 0.461 e. The maximum absolute atomic E-state index is 12.5. The molecule has 0 amide bonds. The van der Waals surface area contributed by atoms with Gasteiger partial charge in [0.15, 0.2) is 0 Å². The monoisotopic (exact) mass is 466 g/mol. The van der Waals surface area contributed by atoms with Crippen molar-refractivity contribution < 1.29 is 39.5 Å². The highest BCUT2D eigenvalue weighted by molar-refractivity contribution is 5.69. The van der Waals surface area contributed by atoms with Crippen molar-refractivity contribution in [1.29, 1.82) is 0 Å². The van der Waals surface area contributed by atoms with Gasteiger partial charge >= 0.3 is 11.9 Å². The molecule has 10 unspecified atom stereocenters. The van der Waals surface area contributed by atoms with Crippen LogP contribution in [0.25, 0.3) is 0 Å². The Morgan fingerprint density at radius 1 is 1.06 bits per heavy atom. The molecule has 10 atom stereocenters. The van der Waals surface area contributed by atoms with Crippen LogP contribution in [0.1, 0.15) is 66.7 Å². The third kappa shape index (κ3) is 3.03. The van der Waals surface area contributed by atoms with Gasteiger partial charge in [-0.1, -0.05) is 32.9 Å². The summed E-state index contributed by atoms with van der Waals surface area (Å²) < 4.78 is 11.7. The van der Waals surface area contributed by atoms with Crippen LogP contribution in [0.15, 0.2) is 12.2 Å². The zero-order chi connectivity index (χ0) is 24.7. The van der Waals surface area contributed by atoms with Gasteiger partial charge in [-0.05, 0) is 38.5 Å². The van der Waals surface area contributed by atoms with Crippen LogP contribution in [-0.2, 0) is 19.1 Å². The number of carbonyl (C=O) groups excluding carboxylic acids is 2. The van der Waals surface area contributed by atoms with Crippen molar-refractivity contribution in [2.75, 3.05) is 0 Å². The van der Waals surface area contributed by atoms with E-state index in [2.05, 4.69) is 6.58 Å². The maximum atomic E-state index is 12.5. The van der Waals surface area contributed by atoms with Gasteiger partial charge in [-0.25, -0.2) is 0 Å². The molecule has 4 N–H and O–H groups in total. The second kappa shape index (κ2) is 7.51. The SMILES string of the molecule is C=C1C2CCC3C(OC(=O)CC)C2(CC3(C)O)C(OC(C)=O)C(O)C2(O)C1CC(O)C2(C)C. The van der Waals surface area contributed by atoms with E-state index in [-0.39, 0.29) is 19.3 Å². The Kier molecular flexibility index (Phi) is 5.61. The van der Waals surface area contributed by atoms with E-state index in [1.807, 2.05) is 0 Å². The number of esters is 2. The van der Waals surface area contributed by atoms with Crippen LogP contribution in [0, 0.1) is 28.6 Å². The third-order valence-corrected chi connectivity index (χ3v) is 9.63. The van der Waals surface area contributed by atoms with Gasteiger partial charge in [0.2, 0.25) is 0 Å². The summed E-state index contributed by atoms with van der Waals surface area (Å²) >= 11 is 0. The van der Waals surface area contributed by atoms with E-state index in [1.165, 1.54) is 6.92 Å². The minimum atomic E-state index is -1.83. The van der Waals surface area contributed by atoms with E-state index >= 15 is 0 Å². The Bertz CT molecular complexity index is 864. The van der Waals surface area contributed by atoms with E-state index in [9.17, 15) is 30.0 Å². The number of aliphatic hydroxyl groups excluding tert-OH is 2. The minimum absolute atomic E-state index is 0.122. The number of hydrogen-bond donors (Lipinski definition) is 4. The fourth-order valence-electron chi connectivity index (χ4n) is 7.91. The van der Waals surface area contributed by atoms with Crippen LogP contribution in [0.2, 0.25) is 0 Å². The van der Waals surface area contributed by atoms with Crippen LogP contribution in [0.3, 0.4) is 0 Å². The Labute approximate surface area is 195 Å². The van der Waals surface area contributed by atoms with Gasteiger partial charge in [0.1, 0.15) is 23.9 Å². The first-order valence-corrected chi connectivity index (χ1v) is 12.0. The third-order valence-electron chi connectivity index (χ3n) is 9.63. The predicted molar refractivity (Wildman–Crippen MR) is 118 cm³/mol. The zero-order valence-electron chi connectivity index (χ0n) is 20.2. The molecule has 0 aromatic rings. The van der Waals surface area contributed by atoms with Gasteiger partial charge in [0.25, 0.3) is 0 Å². The first kappa shape index (κ1) is 24.6. The molecule has 33 heavy (non-hydrogen) atoms. The van der Waals surface area contributed by atoms with Crippen LogP contribution >= 0.6 is 0 Å². The highest BCUT2D eigenvalue weighted by Gasteiger charge is 2.77. The molecular weight excluding hydrogens is 428 g/mol. The molecule has 1 spiro atoms. The fraction of sp³-hybridized carbons (Fsp3) is 0.840. The van der Waals surface area contributed by atoms with E-state index < -0.39 is 76.1 Å². The molecule has 186 valence electrons. The van der Waals surface area contributed by atoms with Crippen molar-refractivity contribution in [3.8, 4) is 0 Å². The Morgan fingerprint density at radius 2 is 1.70 bits per heavy atom. The molecule has 0 radical (unpaired) electrons. The number of carbonyl (C=O) groups is 2. The lowest BCUT2D eigenvalue weighted by Gasteiger charge is -2.51. The fourth-order valence-corrected chi connectivity index (χ4v) is 7.91. The van der Waals surface area contributed by atoms with Crippen molar-refractivity contribution in [2.24, 2.45) is 28.6 Å². The first-order chi connectivity index (χ1) is 15.2. The van der Waals surface area contributed by atoms with Crippen molar-refractivity contribution in [1.82, 2.24) is 0 Å². The lowest BCUT2D eigenvalue weighted by molar-refractivity contribution is -0.233. The second-order valence-electron chi connectivity index (χ2n) is 11.5. The van der Waals surface area contributed by atoms with Crippen molar-refractivity contribution in [3.63, 3.8) is 0 Å². The Balaban J connectivity index is 1.97. The molecule has 4 rings (SSSR count). The molecule has 0 aromatic heterocycles. The van der Waals surface area contributed by atoms with Crippen LogP contribution in [0.4, 0.5) is 0 Å². The Morgan fingerprint density at radius 3 is 2.27 bits per heavy atom. The standard InChI is InChI=1S/C25H38O8/c1-7-18(28)33-20-15-9-8-14-12(2)16-10-17(27)22(4,5)25(16,31)19(29)21(32-13(3)26)24(14,20)11-23(15,6)30/h14-17,19-21,27,29-31H,2,7-11H2,1,3-6H3. The second-order valence-corrected chi connectivity index (χ2v) is 11.5. The summed E-state index contributed by atoms with van der Waals surface area (Å²) in [5.74, 6) is -2.54. The number of ether oxygens (including phenoxy) is 2. The maximum Gasteiger partial charge on any atom is 0.305 e. The molecule has 4 fully saturated rings. The molecule has 4 aliphatic carbocycles. The molecule has 2 bridgehead atoms. The number of hydrogen-bond acceptors (Lipinski definition) is 8. The summed E-state index contributed by atoms with van der Waals surface area (Å²) in [6.45, 7) is 12.3. The molecule has 0 aromatic carbocycles. The smallest absolute Gasteiger partial charge is 0.305 e. The molecule has 0 heterocycles. The Hall–Kier alpha value is -1.48. The van der Waals surface area contributed by atoms with Crippen LogP contribution in [0.5, 0.6) is 0 Å². The van der Waals surface area contributed by atoms with E-state index in [0.29, 0.717) is 18.4 Å². The van der Waals surface area contributed by atoms with Gasteiger partial charge in [-0.3, -0.25) is 9.59 Å². The van der Waals surface area contributed by atoms with Crippen molar-refractivity contribution in [3.05, 3.63) is 12.2 Å². The highest BCUT2D eigenvalue weighted by atomic mass is 16.6. The quantitative estimate of drug-likeness (QED) is 0.363. The molecule has 4 saturated carbocycles. The topological polar surface area (TPSA) is 134 Å². The number of aliphatic hydroxyl groups is 4. The highest BCUT2D eigenvalue weighted by Crippen LogP contribution is 2.69. The van der Waals surface area contributed by atoms with E-state index in [0.717, 1.165) is 0 Å². The van der Waals surface area contributed by atoms with Gasteiger partial charge in [-0.15, -0.1) is 0 Å². The van der Waals surface area contributed by atoms with E-state index in [4.69, 9.17) is 9.47 Å². The predicted octanol–water partition coefficient (Wildman–Crippen LogP) is 1.48. The van der Waals surface area contributed by atoms with Crippen LogP contribution in [-0.4, -0.2) is 68.0 Å². The van der Waals surface area contributed by atoms with E-state index in [1.54, 1.807) is 27.7 Å². The molecular formula is C25H38O8. The summed E-state index contributed by atoms with van der Waals surface area (Å²) in [5, 5.41) is 46.2. The number of fused-ring (bicyclic) bond motifs is 2. The minimum Gasteiger partial charge on any atom is -0.461 e. The lowest BCUT2D eigenvalue weighted by Crippen LogP contribution is -2.64. The molecule has 0 saturated heterocycles. The molecule has 0 aliphatic heterocycles. The summed E-state index contributed by atoms with van der Waals surface area (Å²) in [5.41, 5.74) is -4.70. The summed E-state index contributed by atoms with van der Waals surface area (Å²) in [6, 6.07) is 0. The normalized spacial score (nSPS) is 50.2. The van der Waals surface area contributed by atoms with Gasteiger partial charge in [0, 0.05) is 30.6 Å². The average Bonchev–Trinajstić information content (AvgIpc) is 2.96. The first-order valence-electron chi connectivity index (χ1n) is 12.0. The van der Waals surface area contributed by atoms with Gasteiger partial charge in [-0.2, -0.15) is 0 Å². The number of rotatable bonds is 3. The summed E-state index contributed by atoms with van der Waals surface area (Å²) in [7, 11) is 0. The molecule has 4 aliphatic rings.